The molecule has 0 spiro atoms. The van der Waals surface area contributed by atoms with Gasteiger partial charge in [0, 0.05) is 36.3 Å². The zero-order chi connectivity index (χ0) is 19.9. The average Bonchev–Trinajstić information content (AvgIpc) is 3.23. The van der Waals surface area contributed by atoms with Crippen molar-refractivity contribution in [1.82, 2.24) is 9.29 Å². The number of allylic oxidation sites excluding steroid dienone is 1. The van der Waals surface area contributed by atoms with Crippen LogP contribution in [0, 0.1) is 5.82 Å². The van der Waals surface area contributed by atoms with E-state index in [1.165, 1.54) is 16.3 Å². The van der Waals surface area contributed by atoms with E-state index in [4.69, 9.17) is 0 Å². The number of aromatic nitrogens is 1. The number of halogens is 1. The standard InChI is InChI=1S/C21H24FN3O2S/c1-14(2)24-20-10-9-16-18(20)13-25(21(16)17-7-3-4-8-19(17)22)28(26,27)15-6-5-11-23-12-15/h3-5,7-8,11-15,20,24H,6,9-10H2,1-2H3. The first kappa shape index (κ1) is 19.1. The van der Waals surface area contributed by atoms with Gasteiger partial charge >= 0.3 is 0 Å². The van der Waals surface area contributed by atoms with Crippen molar-refractivity contribution in [3.8, 4) is 11.3 Å². The van der Waals surface area contributed by atoms with Gasteiger partial charge in [0.15, 0.2) is 0 Å². The minimum atomic E-state index is -3.77. The fourth-order valence-corrected chi connectivity index (χ4v) is 5.66. The quantitative estimate of drug-likeness (QED) is 0.829. The van der Waals surface area contributed by atoms with Crippen LogP contribution < -0.4 is 5.32 Å². The molecule has 7 heteroatoms. The molecule has 4 rings (SSSR count). The van der Waals surface area contributed by atoms with Crippen LogP contribution in [-0.2, 0) is 16.4 Å². The highest BCUT2D eigenvalue weighted by Crippen LogP contribution is 2.41. The van der Waals surface area contributed by atoms with Gasteiger partial charge in [-0.1, -0.05) is 32.1 Å². The molecule has 0 fully saturated rings. The summed E-state index contributed by atoms with van der Waals surface area (Å²) in [7, 11) is -3.77. The molecular formula is C21H24FN3O2S. The molecule has 0 radical (unpaired) electrons. The zero-order valence-corrected chi connectivity index (χ0v) is 16.8. The summed E-state index contributed by atoms with van der Waals surface area (Å²) >= 11 is 0. The van der Waals surface area contributed by atoms with Gasteiger partial charge in [-0.05, 0) is 42.5 Å². The van der Waals surface area contributed by atoms with Crippen molar-refractivity contribution >= 4 is 16.2 Å². The van der Waals surface area contributed by atoms with Crippen molar-refractivity contribution in [3.63, 3.8) is 0 Å². The van der Waals surface area contributed by atoms with Gasteiger partial charge in [0.1, 0.15) is 11.1 Å². The minimum Gasteiger partial charge on any atom is -0.308 e. The molecule has 0 saturated carbocycles. The first-order chi connectivity index (χ1) is 13.4. The third-order valence-electron chi connectivity index (χ3n) is 5.30. The zero-order valence-electron chi connectivity index (χ0n) is 16.0. The predicted molar refractivity (Wildman–Crippen MR) is 110 cm³/mol. The van der Waals surface area contributed by atoms with Crippen molar-refractivity contribution in [2.24, 2.45) is 4.99 Å². The molecule has 148 valence electrons. The molecule has 2 aliphatic rings. The molecule has 0 amide bonds. The van der Waals surface area contributed by atoms with Crippen LogP contribution in [0.25, 0.3) is 11.3 Å². The summed E-state index contributed by atoms with van der Waals surface area (Å²) in [4.78, 5) is 4.00. The van der Waals surface area contributed by atoms with Crippen LogP contribution in [0.5, 0.6) is 0 Å². The fraction of sp³-hybridized carbons (Fsp3) is 0.381. The molecule has 28 heavy (non-hydrogen) atoms. The molecule has 1 aliphatic heterocycles. The maximum Gasteiger partial charge on any atom is 0.247 e. The number of hydrogen-bond acceptors (Lipinski definition) is 4. The largest absolute Gasteiger partial charge is 0.308 e. The van der Waals surface area contributed by atoms with Crippen LogP contribution in [0.1, 0.15) is 43.9 Å². The topological polar surface area (TPSA) is 63.5 Å². The van der Waals surface area contributed by atoms with Gasteiger partial charge in [-0.2, -0.15) is 0 Å². The summed E-state index contributed by atoms with van der Waals surface area (Å²) in [5, 5.41) is 2.74. The van der Waals surface area contributed by atoms with Crippen LogP contribution >= 0.6 is 0 Å². The Labute approximate surface area is 165 Å². The van der Waals surface area contributed by atoms with E-state index in [9.17, 15) is 12.8 Å². The van der Waals surface area contributed by atoms with E-state index in [1.807, 2.05) is 0 Å². The SMILES string of the molecule is CC(C)NC1CCc2c1cn(S(=O)(=O)C1C=NC=CC1)c2-c1ccccc1F. The Morgan fingerprint density at radius 3 is 2.75 bits per heavy atom. The van der Waals surface area contributed by atoms with E-state index in [0.717, 1.165) is 17.5 Å². The lowest BCUT2D eigenvalue weighted by Gasteiger charge is -2.19. The Bertz CT molecular complexity index is 1050. The third kappa shape index (κ3) is 3.22. The number of rotatable bonds is 5. The maximum atomic E-state index is 14.7. The summed E-state index contributed by atoms with van der Waals surface area (Å²) in [5.41, 5.74) is 2.62. The Morgan fingerprint density at radius 1 is 1.29 bits per heavy atom. The Hall–Kier alpha value is -2.25. The third-order valence-corrected chi connectivity index (χ3v) is 7.22. The second kappa shape index (κ2) is 7.29. The maximum absolute atomic E-state index is 14.7. The van der Waals surface area contributed by atoms with Crippen molar-refractivity contribution in [3.05, 3.63) is 59.7 Å². The summed E-state index contributed by atoms with van der Waals surface area (Å²) in [5.74, 6) is -0.419. The van der Waals surface area contributed by atoms with E-state index >= 15 is 0 Å². The minimum absolute atomic E-state index is 0.0666. The number of nitrogens with zero attached hydrogens (tertiary/aromatic N) is 2. The highest BCUT2D eigenvalue weighted by Gasteiger charge is 2.35. The first-order valence-corrected chi connectivity index (χ1v) is 11.1. The molecule has 1 aromatic carbocycles. The highest BCUT2D eigenvalue weighted by atomic mass is 32.2. The van der Waals surface area contributed by atoms with E-state index in [1.54, 1.807) is 36.7 Å². The molecule has 0 bridgehead atoms. The van der Waals surface area contributed by atoms with Crippen LogP contribution in [-0.4, -0.2) is 29.9 Å². The summed E-state index contributed by atoms with van der Waals surface area (Å²) < 4.78 is 42.8. The normalized spacial score (nSPS) is 21.4. The van der Waals surface area contributed by atoms with Crippen LogP contribution in [0.2, 0.25) is 0 Å². The van der Waals surface area contributed by atoms with Crippen molar-refractivity contribution in [2.75, 3.05) is 0 Å². The molecule has 1 N–H and O–H groups in total. The van der Waals surface area contributed by atoms with E-state index in [0.29, 0.717) is 24.1 Å². The molecule has 5 nitrogen and oxygen atoms in total. The number of aliphatic imine (C=N–C) groups is 1. The lowest BCUT2D eigenvalue weighted by molar-refractivity contribution is 0.474. The molecular weight excluding hydrogens is 377 g/mol. The van der Waals surface area contributed by atoms with Crippen LogP contribution in [0.3, 0.4) is 0 Å². The van der Waals surface area contributed by atoms with Crippen LogP contribution in [0.15, 0.2) is 47.7 Å². The first-order valence-electron chi connectivity index (χ1n) is 9.57. The van der Waals surface area contributed by atoms with Gasteiger partial charge in [0.2, 0.25) is 10.0 Å². The van der Waals surface area contributed by atoms with Crippen molar-refractivity contribution in [2.45, 2.75) is 50.4 Å². The molecule has 2 aromatic rings. The Kier molecular flexibility index (Phi) is 4.97. The molecule has 1 aliphatic carbocycles. The van der Waals surface area contributed by atoms with Gasteiger partial charge in [-0.15, -0.1) is 0 Å². The van der Waals surface area contributed by atoms with Crippen molar-refractivity contribution < 1.29 is 12.8 Å². The summed E-state index contributed by atoms with van der Waals surface area (Å²) in [6, 6.07) is 6.70. The molecule has 1 aromatic heterocycles. The monoisotopic (exact) mass is 401 g/mol. The van der Waals surface area contributed by atoms with Crippen LogP contribution in [0.4, 0.5) is 4.39 Å². The van der Waals surface area contributed by atoms with Gasteiger partial charge < -0.3 is 5.32 Å². The number of hydrogen-bond donors (Lipinski definition) is 1. The van der Waals surface area contributed by atoms with E-state index in [2.05, 4.69) is 24.2 Å². The number of fused-ring (bicyclic) bond motifs is 1. The fourth-order valence-electron chi connectivity index (χ4n) is 4.06. The average molecular weight is 402 g/mol. The second-order valence-corrected chi connectivity index (χ2v) is 9.63. The highest BCUT2D eigenvalue weighted by molar-refractivity contribution is 7.91. The van der Waals surface area contributed by atoms with Crippen molar-refractivity contribution in [1.29, 1.82) is 0 Å². The molecule has 2 atom stereocenters. The predicted octanol–water partition coefficient (Wildman–Crippen LogP) is 3.81. The van der Waals surface area contributed by atoms with Gasteiger partial charge in [0.25, 0.3) is 0 Å². The molecule has 2 heterocycles. The summed E-state index contributed by atoms with van der Waals surface area (Å²) in [6.45, 7) is 4.13. The lowest BCUT2D eigenvalue weighted by Crippen LogP contribution is -2.30. The molecule has 0 saturated heterocycles. The smallest absolute Gasteiger partial charge is 0.247 e. The Morgan fingerprint density at radius 2 is 2.07 bits per heavy atom. The Balaban J connectivity index is 1.90. The molecule has 2 unspecified atom stereocenters. The summed E-state index contributed by atoms with van der Waals surface area (Å²) in [6.07, 6.45) is 8.43. The lowest BCUT2D eigenvalue weighted by atomic mass is 10.1. The van der Waals surface area contributed by atoms with E-state index in [-0.39, 0.29) is 12.1 Å². The van der Waals surface area contributed by atoms with Gasteiger partial charge in [0.05, 0.1) is 5.69 Å². The van der Waals surface area contributed by atoms with Gasteiger partial charge in [-0.25, -0.2) is 16.8 Å². The van der Waals surface area contributed by atoms with E-state index < -0.39 is 21.1 Å². The van der Waals surface area contributed by atoms with Gasteiger partial charge in [-0.3, -0.25) is 4.99 Å². The number of nitrogens with one attached hydrogen (secondary N) is 1. The number of benzene rings is 1. The second-order valence-electron chi connectivity index (χ2n) is 7.60.